The summed E-state index contributed by atoms with van der Waals surface area (Å²) in [4.78, 5) is 18.2. The van der Waals surface area contributed by atoms with Gasteiger partial charge < -0.3 is 19.7 Å². The van der Waals surface area contributed by atoms with Gasteiger partial charge in [0, 0.05) is 50.7 Å². The first kappa shape index (κ1) is 19.5. The fourth-order valence-corrected chi connectivity index (χ4v) is 5.27. The van der Waals surface area contributed by atoms with Gasteiger partial charge in [-0.3, -0.25) is 4.90 Å². The van der Waals surface area contributed by atoms with Crippen molar-refractivity contribution in [2.75, 3.05) is 36.4 Å². The first-order chi connectivity index (χ1) is 15.1. The second kappa shape index (κ2) is 7.72. The molecule has 5 heterocycles. The van der Waals surface area contributed by atoms with Gasteiger partial charge in [-0.25, -0.2) is 15.0 Å². The van der Waals surface area contributed by atoms with Crippen molar-refractivity contribution in [1.82, 2.24) is 24.3 Å². The lowest BCUT2D eigenvalue weighted by molar-refractivity contribution is 0.173. The van der Waals surface area contributed by atoms with Gasteiger partial charge >= 0.3 is 0 Å². The Morgan fingerprint density at radius 1 is 1.13 bits per heavy atom. The first-order valence-corrected chi connectivity index (χ1v) is 11.8. The molecular weight excluding hydrogens is 458 g/mol. The number of fused-ring (bicyclic) bond motifs is 2. The van der Waals surface area contributed by atoms with Crippen LogP contribution in [0.3, 0.4) is 0 Å². The first-order valence-electron chi connectivity index (χ1n) is 11.0. The van der Waals surface area contributed by atoms with E-state index in [0.29, 0.717) is 18.5 Å². The van der Waals surface area contributed by atoms with Crippen LogP contribution >= 0.6 is 15.9 Å². The van der Waals surface area contributed by atoms with Crippen molar-refractivity contribution in [2.24, 2.45) is 0 Å². The molecule has 9 heteroatoms. The number of imidazole rings is 1. The van der Waals surface area contributed by atoms with E-state index in [1.54, 1.807) is 0 Å². The highest BCUT2D eigenvalue weighted by Crippen LogP contribution is 2.42. The molecule has 2 saturated heterocycles. The number of rotatable bonds is 5. The standard InChI is InChI=1S/C22H26BrN7O/c23-20-7-21(26-13-25-20)24-8-16-10-30-9-15(14-1-2-14)5-19(22(30)27-16)29-4-3-28-12-18(31)6-17(28)11-29/h5,7,9-10,13-14,17-18,31H,1-4,6,8,11-12H2,(H,24,25,26). The summed E-state index contributed by atoms with van der Waals surface area (Å²) >= 11 is 3.39. The number of hydrogen-bond acceptors (Lipinski definition) is 7. The highest BCUT2D eigenvalue weighted by atomic mass is 79.9. The van der Waals surface area contributed by atoms with Gasteiger partial charge in [-0.15, -0.1) is 0 Å². The van der Waals surface area contributed by atoms with Crippen LogP contribution in [-0.4, -0.2) is 67.7 Å². The van der Waals surface area contributed by atoms with Gasteiger partial charge in [-0.1, -0.05) is 0 Å². The summed E-state index contributed by atoms with van der Waals surface area (Å²) < 4.78 is 2.96. The lowest BCUT2D eigenvalue weighted by Gasteiger charge is -2.38. The number of nitrogens with one attached hydrogen (secondary N) is 1. The van der Waals surface area contributed by atoms with Crippen molar-refractivity contribution < 1.29 is 5.11 Å². The lowest BCUT2D eigenvalue weighted by atomic mass is 10.1. The van der Waals surface area contributed by atoms with Gasteiger partial charge in [0.15, 0.2) is 5.65 Å². The normalized spacial score (nSPS) is 24.0. The summed E-state index contributed by atoms with van der Waals surface area (Å²) in [6.07, 6.45) is 9.16. The molecule has 2 aliphatic heterocycles. The van der Waals surface area contributed by atoms with E-state index in [4.69, 9.17) is 4.98 Å². The summed E-state index contributed by atoms with van der Waals surface area (Å²) in [5.74, 6) is 1.45. The highest BCUT2D eigenvalue weighted by molar-refractivity contribution is 9.10. The number of anilines is 2. The molecule has 0 radical (unpaired) electrons. The van der Waals surface area contributed by atoms with Crippen LogP contribution in [0.4, 0.5) is 11.5 Å². The third-order valence-corrected chi connectivity index (χ3v) is 7.10. The quantitative estimate of drug-likeness (QED) is 0.539. The van der Waals surface area contributed by atoms with E-state index < -0.39 is 0 Å². The summed E-state index contributed by atoms with van der Waals surface area (Å²) in [6, 6.07) is 4.66. The number of aliphatic hydroxyl groups is 1. The average molecular weight is 484 g/mol. The maximum absolute atomic E-state index is 10.1. The number of aliphatic hydroxyl groups excluding tert-OH is 1. The van der Waals surface area contributed by atoms with E-state index in [1.165, 1.54) is 30.4 Å². The predicted octanol–water partition coefficient (Wildman–Crippen LogP) is 2.63. The minimum absolute atomic E-state index is 0.186. The highest BCUT2D eigenvalue weighted by Gasteiger charge is 2.36. The Bertz CT molecular complexity index is 1110. The number of nitrogens with zero attached hydrogens (tertiary/aromatic N) is 6. The van der Waals surface area contributed by atoms with E-state index in [0.717, 1.165) is 54.4 Å². The lowest BCUT2D eigenvalue weighted by Crippen LogP contribution is -2.50. The SMILES string of the molecule is OC1CC2CN(c3cc(C4CC4)cn4cc(CNc5cc(Br)ncn5)nc34)CCN2C1. The van der Waals surface area contributed by atoms with Crippen LogP contribution < -0.4 is 10.2 Å². The summed E-state index contributed by atoms with van der Waals surface area (Å²) in [6.45, 7) is 4.35. The number of halogens is 1. The number of aromatic nitrogens is 4. The molecule has 1 aliphatic carbocycles. The van der Waals surface area contributed by atoms with Crippen LogP contribution in [0, 0.1) is 0 Å². The van der Waals surface area contributed by atoms with Crippen molar-refractivity contribution in [2.45, 2.75) is 43.9 Å². The second-order valence-electron chi connectivity index (χ2n) is 8.96. The van der Waals surface area contributed by atoms with Crippen molar-refractivity contribution in [3.8, 4) is 0 Å². The van der Waals surface area contributed by atoms with Crippen LogP contribution in [0.25, 0.3) is 5.65 Å². The molecule has 0 amide bonds. The topological polar surface area (TPSA) is 81.8 Å². The molecule has 3 aromatic heterocycles. The zero-order valence-corrected chi connectivity index (χ0v) is 18.9. The molecule has 162 valence electrons. The zero-order valence-electron chi connectivity index (χ0n) is 17.3. The second-order valence-corrected chi connectivity index (χ2v) is 9.77. The largest absolute Gasteiger partial charge is 0.392 e. The van der Waals surface area contributed by atoms with E-state index in [9.17, 15) is 5.11 Å². The van der Waals surface area contributed by atoms with Crippen molar-refractivity contribution in [3.63, 3.8) is 0 Å². The van der Waals surface area contributed by atoms with Crippen LogP contribution in [0.2, 0.25) is 0 Å². The van der Waals surface area contributed by atoms with Gasteiger partial charge in [0.25, 0.3) is 0 Å². The third-order valence-electron chi connectivity index (χ3n) is 6.67. The molecular formula is C22H26BrN7O. The number of piperazine rings is 1. The summed E-state index contributed by atoms with van der Waals surface area (Å²) in [5, 5.41) is 13.4. The average Bonchev–Trinajstić information content (AvgIpc) is 3.42. The molecule has 3 aliphatic rings. The van der Waals surface area contributed by atoms with Crippen LogP contribution in [0.5, 0.6) is 0 Å². The van der Waals surface area contributed by atoms with Crippen LogP contribution in [-0.2, 0) is 6.54 Å². The molecule has 2 N–H and O–H groups in total. The van der Waals surface area contributed by atoms with E-state index in [-0.39, 0.29) is 6.10 Å². The minimum atomic E-state index is -0.186. The summed E-state index contributed by atoms with van der Waals surface area (Å²) in [5.41, 5.74) is 4.63. The smallest absolute Gasteiger partial charge is 0.160 e. The number of pyridine rings is 1. The molecule has 0 bridgehead atoms. The van der Waals surface area contributed by atoms with Gasteiger partial charge in [0.2, 0.25) is 0 Å². The fourth-order valence-electron chi connectivity index (χ4n) is 4.96. The molecule has 6 rings (SSSR count). The molecule has 3 fully saturated rings. The molecule has 31 heavy (non-hydrogen) atoms. The van der Waals surface area contributed by atoms with Crippen molar-refractivity contribution >= 4 is 33.1 Å². The monoisotopic (exact) mass is 483 g/mol. The van der Waals surface area contributed by atoms with Gasteiger partial charge in [0.1, 0.15) is 16.7 Å². The van der Waals surface area contributed by atoms with Crippen LogP contribution in [0.1, 0.15) is 36.4 Å². The Labute approximate surface area is 189 Å². The van der Waals surface area contributed by atoms with Crippen LogP contribution in [0.15, 0.2) is 35.5 Å². The van der Waals surface area contributed by atoms with Gasteiger partial charge in [-0.2, -0.15) is 0 Å². The Balaban J connectivity index is 1.30. The van der Waals surface area contributed by atoms with Crippen molar-refractivity contribution in [3.05, 3.63) is 46.7 Å². The molecule has 2 unspecified atom stereocenters. The molecule has 0 spiro atoms. The van der Waals surface area contributed by atoms with E-state index in [2.05, 4.69) is 63.9 Å². The molecule has 1 saturated carbocycles. The molecule has 3 aromatic rings. The molecule has 0 aromatic carbocycles. The Hall–Kier alpha value is -2.23. The minimum Gasteiger partial charge on any atom is -0.392 e. The zero-order chi connectivity index (χ0) is 20.9. The molecule has 2 atom stereocenters. The maximum atomic E-state index is 10.1. The Morgan fingerprint density at radius 2 is 2.03 bits per heavy atom. The Kier molecular flexibility index (Phi) is 4.85. The predicted molar refractivity (Wildman–Crippen MR) is 122 cm³/mol. The van der Waals surface area contributed by atoms with Gasteiger partial charge in [-0.05, 0) is 52.7 Å². The maximum Gasteiger partial charge on any atom is 0.160 e. The fraction of sp³-hybridized carbons (Fsp3) is 0.500. The Morgan fingerprint density at radius 3 is 2.87 bits per heavy atom. The summed E-state index contributed by atoms with van der Waals surface area (Å²) in [7, 11) is 0. The van der Waals surface area contributed by atoms with Crippen molar-refractivity contribution in [1.29, 1.82) is 0 Å². The van der Waals surface area contributed by atoms with E-state index in [1.807, 2.05) is 6.07 Å². The third kappa shape index (κ3) is 3.90. The number of hydrogen-bond donors (Lipinski definition) is 2. The van der Waals surface area contributed by atoms with Gasteiger partial charge in [0.05, 0.1) is 24.0 Å². The van der Waals surface area contributed by atoms with E-state index >= 15 is 0 Å². The molecule has 8 nitrogen and oxygen atoms in total.